The quantitative estimate of drug-likeness (QED) is 0.503. The number of para-hydroxylation sites is 1. The zero-order chi connectivity index (χ0) is 23.2. The van der Waals surface area contributed by atoms with Crippen LogP contribution in [0.25, 0.3) is 0 Å². The Hall–Kier alpha value is -3.63. The highest BCUT2D eigenvalue weighted by molar-refractivity contribution is 5.92. The maximum Gasteiger partial charge on any atom is 0.238 e. The summed E-state index contributed by atoms with van der Waals surface area (Å²) >= 11 is 0. The molecule has 10 heteroatoms. The lowest BCUT2D eigenvalue weighted by molar-refractivity contribution is -0.117. The molecule has 1 aliphatic heterocycles. The third-order valence-corrected chi connectivity index (χ3v) is 5.40. The van der Waals surface area contributed by atoms with Crippen molar-refractivity contribution in [3.63, 3.8) is 0 Å². The lowest BCUT2D eigenvalue weighted by atomic mass is 10.2. The van der Waals surface area contributed by atoms with Crippen molar-refractivity contribution in [3.05, 3.63) is 65.7 Å². The Morgan fingerprint density at radius 3 is 2.55 bits per heavy atom. The number of carbonyl (C=O) groups excluding carboxylic acids is 1. The summed E-state index contributed by atoms with van der Waals surface area (Å²) in [6, 6.07) is 13.8. The molecule has 172 valence electrons. The van der Waals surface area contributed by atoms with E-state index in [0.717, 1.165) is 37.4 Å². The Balaban J connectivity index is 1.28. The van der Waals surface area contributed by atoms with Crippen LogP contribution >= 0.6 is 0 Å². The molecular formula is C23H27FN8O. The molecule has 0 unspecified atom stereocenters. The SMILES string of the molecule is Cc1ccccc1Nc1nc(N)nc(CN2CCN(CC(=O)Nc3cccc(F)c3)CC2)n1. The molecule has 1 saturated heterocycles. The molecule has 1 amide bonds. The number of nitrogens with two attached hydrogens (primary N) is 1. The van der Waals surface area contributed by atoms with Gasteiger partial charge in [-0.3, -0.25) is 14.6 Å². The molecule has 1 aliphatic rings. The fourth-order valence-corrected chi connectivity index (χ4v) is 3.67. The number of hydrogen-bond acceptors (Lipinski definition) is 8. The molecule has 4 rings (SSSR count). The van der Waals surface area contributed by atoms with Crippen LogP contribution in [0, 0.1) is 12.7 Å². The summed E-state index contributed by atoms with van der Waals surface area (Å²) in [6.07, 6.45) is 0. The molecular weight excluding hydrogens is 423 g/mol. The lowest BCUT2D eigenvalue weighted by Crippen LogP contribution is -2.48. The van der Waals surface area contributed by atoms with Gasteiger partial charge in [-0.25, -0.2) is 4.39 Å². The molecule has 2 heterocycles. The molecule has 0 aliphatic carbocycles. The van der Waals surface area contributed by atoms with Gasteiger partial charge < -0.3 is 16.4 Å². The minimum absolute atomic E-state index is 0.161. The molecule has 1 fully saturated rings. The summed E-state index contributed by atoms with van der Waals surface area (Å²) in [5.74, 6) is 0.642. The Kier molecular flexibility index (Phi) is 7.06. The van der Waals surface area contributed by atoms with Crippen LogP contribution in [0.3, 0.4) is 0 Å². The predicted molar refractivity (Wildman–Crippen MR) is 125 cm³/mol. The van der Waals surface area contributed by atoms with Gasteiger partial charge in [0.25, 0.3) is 0 Å². The van der Waals surface area contributed by atoms with E-state index in [-0.39, 0.29) is 24.2 Å². The van der Waals surface area contributed by atoms with E-state index in [0.29, 0.717) is 24.0 Å². The first kappa shape index (κ1) is 22.6. The van der Waals surface area contributed by atoms with E-state index < -0.39 is 0 Å². The fourth-order valence-electron chi connectivity index (χ4n) is 3.67. The molecule has 4 N–H and O–H groups in total. The largest absolute Gasteiger partial charge is 0.368 e. The Morgan fingerprint density at radius 1 is 1.03 bits per heavy atom. The number of piperazine rings is 1. The van der Waals surface area contributed by atoms with Crippen LogP contribution in [0.1, 0.15) is 11.4 Å². The van der Waals surface area contributed by atoms with Crippen LogP contribution in [0.15, 0.2) is 48.5 Å². The first-order chi connectivity index (χ1) is 15.9. The molecule has 2 aromatic carbocycles. The third-order valence-electron chi connectivity index (χ3n) is 5.40. The van der Waals surface area contributed by atoms with Crippen LogP contribution in [0.5, 0.6) is 0 Å². The van der Waals surface area contributed by atoms with E-state index in [2.05, 4.69) is 35.4 Å². The van der Waals surface area contributed by atoms with Gasteiger partial charge in [0, 0.05) is 37.6 Å². The second kappa shape index (κ2) is 10.3. The average molecular weight is 451 g/mol. The summed E-state index contributed by atoms with van der Waals surface area (Å²) in [5, 5.41) is 5.94. The van der Waals surface area contributed by atoms with Crippen molar-refractivity contribution in [2.45, 2.75) is 13.5 Å². The van der Waals surface area contributed by atoms with Gasteiger partial charge in [-0.1, -0.05) is 24.3 Å². The minimum atomic E-state index is -0.377. The number of aryl methyl sites for hydroxylation is 1. The standard InChI is InChI=1S/C23H27FN8O/c1-16-5-2-3-8-19(16)27-23-29-20(28-22(25)30-23)14-31-9-11-32(12-10-31)15-21(33)26-18-7-4-6-17(24)13-18/h2-8,13H,9-12,14-15H2,1H3,(H,26,33)(H3,25,27,28,29,30). The topological polar surface area (TPSA) is 112 Å². The van der Waals surface area contributed by atoms with Crippen molar-refractivity contribution >= 4 is 29.2 Å². The van der Waals surface area contributed by atoms with Gasteiger partial charge in [0.15, 0.2) is 0 Å². The number of nitrogen functional groups attached to an aromatic ring is 1. The second-order valence-corrected chi connectivity index (χ2v) is 7.98. The van der Waals surface area contributed by atoms with Crippen LogP contribution in [-0.2, 0) is 11.3 Å². The maximum atomic E-state index is 13.3. The van der Waals surface area contributed by atoms with Crippen LogP contribution in [0.2, 0.25) is 0 Å². The van der Waals surface area contributed by atoms with Crippen molar-refractivity contribution < 1.29 is 9.18 Å². The predicted octanol–water partition coefficient (Wildman–Crippen LogP) is 2.40. The van der Waals surface area contributed by atoms with Crippen molar-refractivity contribution in [1.82, 2.24) is 24.8 Å². The molecule has 0 saturated carbocycles. The lowest BCUT2D eigenvalue weighted by Gasteiger charge is -2.33. The molecule has 33 heavy (non-hydrogen) atoms. The minimum Gasteiger partial charge on any atom is -0.368 e. The fraction of sp³-hybridized carbons (Fsp3) is 0.304. The highest BCUT2D eigenvalue weighted by atomic mass is 19.1. The number of rotatable bonds is 7. The summed E-state index contributed by atoms with van der Waals surface area (Å²) in [5.41, 5.74) is 8.36. The second-order valence-electron chi connectivity index (χ2n) is 7.98. The zero-order valence-corrected chi connectivity index (χ0v) is 18.5. The van der Waals surface area contributed by atoms with E-state index in [1.54, 1.807) is 12.1 Å². The van der Waals surface area contributed by atoms with E-state index in [9.17, 15) is 9.18 Å². The van der Waals surface area contributed by atoms with E-state index in [4.69, 9.17) is 5.73 Å². The summed E-state index contributed by atoms with van der Waals surface area (Å²) < 4.78 is 13.3. The molecule has 9 nitrogen and oxygen atoms in total. The molecule has 1 aromatic heterocycles. The van der Waals surface area contributed by atoms with Gasteiger partial charge in [-0.2, -0.15) is 15.0 Å². The normalized spacial score (nSPS) is 14.7. The van der Waals surface area contributed by atoms with Crippen molar-refractivity contribution in [1.29, 1.82) is 0 Å². The smallest absolute Gasteiger partial charge is 0.238 e. The van der Waals surface area contributed by atoms with Gasteiger partial charge in [-0.15, -0.1) is 0 Å². The first-order valence-corrected chi connectivity index (χ1v) is 10.8. The number of amides is 1. The summed E-state index contributed by atoms with van der Waals surface area (Å²) in [6.45, 7) is 5.79. The van der Waals surface area contributed by atoms with E-state index >= 15 is 0 Å². The van der Waals surface area contributed by atoms with Crippen molar-refractivity contribution in [2.24, 2.45) is 0 Å². The molecule has 3 aromatic rings. The van der Waals surface area contributed by atoms with Gasteiger partial charge >= 0.3 is 0 Å². The van der Waals surface area contributed by atoms with E-state index in [1.165, 1.54) is 12.1 Å². The van der Waals surface area contributed by atoms with Crippen LogP contribution in [0.4, 0.5) is 27.7 Å². The average Bonchev–Trinajstić information content (AvgIpc) is 2.76. The summed E-state index contributed by atoms with van der Waals surface area (Å²) in [7, 11) is 0. The Labute approximate surface area is 191 Å². The number of aromatic nitrogens is 3. The van der Waals surface area contributed by atoms with Crippen molar-refractivity contribution in [3.8, 4) is 0 Å². The van der Waals surface area contributed by atoms with Gasteiger partial charge in [0.2, 0.25) is 17.8 Å². The van der Waals surface area contributed by atoms with Gasteiger partial charge in [0.1, 0.15) is 11.6 Å². The highest BCUT2D eigenvalue weighted by Gasteiger charge is 2.20. The number of nitrogens with zero attached hydrogens (tertiary/aromatic N) is 5. The number of carbonyl (C=O) groups is 1. The van der Waals surface area contributed by atoms with Crippen LogP contribution < -0.4 is 16.4 Å². The van der Waals surface area contributed by atoms with E-state index in [1.807, 2.05) is 31.2 Å². The monoisotopic (exact) mass is 450 g/mol. The van der Waals surface area contributed by atoms with Crippen LogP contribution in [-0.4, -0.2) is 63.4 Å². The zero-order valence-electron chi connectivity index (χ0n) is 18.5. The van der Waals surface area contributed by atoms with Gasteiger partial charge in [-0.05, 0) is 36.8 Å². The maximum absolute atomic E-state index is 13.3. The number of benzene rings is 2. The third kappa shape index (κ3) is 6.43. The highest BCUT2D eigenvalue weighted by Crippen LogP contribution is 2.18. The Bertz CT molecular complexity index is 1120. The molecule has 0 radical (unpaired) electrons. The first-order valence-electron chi connectivity index (χ1n) is 10.8. The van der Waals surface area contributed by atoms with Crippen molar-refractivity contribution in [2.75, 3.05) is 49.1 Å². The van der Waals surface area contributed by atoms with Gasteiger partial charge in [0.05, 0.1) is 13.1 Å². The Morgan fingerprint density at radius 2 is 1.79 bits per heavy atom. The number of halogens is 1. The number of nitrogens with one attached hydrogen (secondary N) is 2. The molecule has 0 atom stereocenters. The number of hydrogen-bond donors (Lipinski definition) is 3. The molecule has 0 spiro atoms. The number of anilines is 4. The molecule has 0 bridgehead atoms. The summed E-state index contributed by atoms with van der Waals surface area (Å²) in [4.78, 5) is 29.6.